The summed E-state index contributed by atoms with van der Waals surface area (Å²) < 4.78 is 47.6. The molecule has 0 heterocycles. The van der Waals surface area contributed by atoms with Crippen LogP contribution in [0.15, 0.2) is 60.8 Å². The highest BCUT2D eigenvalue weighted by atomic mass is 31.2. The molecule has 0 fully saturated rings. The first-order valence-electron chi connectivity index (χ1n) is 21.9. The Bertz CT molecular complexity index is 1350. The predicted octanol–water partition coefficient (Wildman–Crippen LogP) is 10.4. The molecule has 0 radical (unpaired) electrons. The number of phosphoric acid groups is 2. The molecule has 0 aliphatic rings. The van der Waals surface area contributed by atoms with Crippen LogP contribution in [0.25, 0.3) is 0 Å². The lowest BCUT2D eigenvalue weighted by Gasteiger charge is -2.20. The first kappa shape index (κ1) is 57.5. The lowest BCUT2D eigenvalue weighted by atomic mass is 10.1. The van der Waals surface area contributed by atoms with Gasteiger partial charge in [0, 0.05) is 19.3 Å². The number of phosphoric ester groups is 2. The fourth-order valence-corrected chi connectivity index (χ4v) is 6.62. The van der Waals surface area contributed by atoms with Gasteiger partial charge in [-0.2, -0.15) is 0 Å². The quantitative estimate of drug-likeness (QED) is 0.0112. The smallest absolute Gasteiger partial charge is 0.462 e. The van der Waals surface area contributed by atoms with Crippen LogP contribution in [0.3, 0.4) is 0 Å². The fraction of sp³-hybridized carbons (Fsp3) is 0.705. The second-order valence-corrected chi connectivity index (χ2v) is 17.3. The van der Waals surface area contributed by atoms with Crippen molar-refractivity contribution >= 4 is 33.4 Å². The standard InChI is InChI=1S/C44H76O14P2/c1-3-5-7-8-9-10-11-12-13-14-15-16-17-20-24-27-31-35-44(48)58-42(39-57-60(52,53)56-37-41(46)36-55-59(49,50)51)38-54-43(47)34-30-26-23-21-18-19-22-25-29-33-40(45)32-28-6-4-2/h12-13,15-16,20,22,24-25,29,33,41-42,46H,3-11,14,17-19,21,23,26-28,30-32,34-39H2,1-2H3,(H,52,53)(H2,49,50,51)/b13-12-,16-15-,24-20-,25-22-,33-29+/t41-,42+/m0/s1. The molecule has 60 heavy (non-hydrogen) atoms. The van der Waals surface area contributed by atoms with Crippen molar-refractivity contribution in [1.82, 2.24) is 0 Å². The van der Waals surface area contributed by atoms with Gasteiger partial charge in [0.05, 0.1) is 19.8 Å². The number of ether oxygens (including phenoxy) is 2. The third kappa shape index (κ3) is 42.2. The van der Waals surface area contributed by atoms with Crippen LogP contribution in [0.1, 0.15) is 162 Å². The fourth-order valence-electron chi connectivity index (χ4n) is 5.46. The molecular weight excluding hydrogens is 814 g/mol. The molecule has 3 atom stereocenters. The van der Waals surface area contributed by atoms with Gasteiger partial charge in [-0.3, -0.25) is 28.0 Å². The Morgan fingerprint density at radius 3 is 1.68 bits per heavy atom. The maximum Gasteiger partial charge on any atom is 0.472 e. The van der Waals surface area contributed by atoms with Crippen molar-refractivity contribution in [2.24, 2.45) is 0 Å². The predicted molar refractivity (Wildman–Crippen MR) is 235 cm³/mol. The summed E-state index contributed by atoms with van der Waals surface area (Å²) in [6.45, 7) is 1.48. The molecule has 0 amide bonds. The second kappa shape index (κ2) is 39.3. The zero-order chi connectivity index (χ0) is 44.6. The number of rotatable bonds is 41. The van der Waals surface area contributed by atoms with Crippen molar-refractivity contribution in [2.75, 3.05) is 26.4 Å². The molecule has 0 saturated heterocycles. The van der Waals surface area contributed by atoms with Gasteiger partial charge in [-0.1, -0.05) is 133 Å². The monoisotopic (exact) mass is 890 g/mol. The van der Waals surface area contributed by atoms with Crippen molar-refractivity contribution in [3.8, 4) is 0 Å². The number of carbonyl (C=O) groups is 3. The van der Waals surface area contributed by atoms with Gasteiger partial charge in [0.1, 0.15) is 12.7 Å². The molecule has 0 aliphatic carbocycles. The molecule has 0 aromatic heterocycles. The van der Waals surface area contributed by atoms with E-state index in [0.29, 0.717) is 25.7 Å². The summed E-state index contributed by atoms with van der Waals surface area (Å²) in [7, 11) is -9.72. The number of hydrogen-bond donors (Lipinski definition) is 4. The Hall–Kier alpha value is -2.51. The van der Waals surface area contributed by atoms with Gasteiger partial charge in [-0.05, 0) is 70.3 Å². The minimum Gasteiger partial charge on any atom is -0.462 e. The van der Waals surface area contributed by atoms with E-state index in [0.717, 1.165) is 70.6 Å². The van der Waals surface area contributed by atoms with Crippen LogP contribution in [-0.2, 0) is 46.6 Å². The molecule has 1 unspecified atom stereocenters. The third-order valence-corrected chi connectivity index (χ3v) is 10.3. The largest absolute Gasteiger partial charge is 0.472 e. The molecule has 0 saturated carbocycles. The number of hydrogen-bond acceptors (Lipinski definition) is 11. The molecule has 346 valence electrons. The Morgan fingerprint density at radius 1 is 0.533 bits per heavy atom. The molecule has 16 heteroatoms. The third-order valence-electron chi connectivity index (χ3n) is 8.85. The summed E-state index contributed by atoms with van der Waals surface area (Å²) in [6, 6.07) is 0. The number of allylic oxidation sites excluding steroid dienone is 10. The van der Waals surface area contributed by atoms with E-state index in [1.807, 2.05) is 24.3 Å². The molecule has 0 spiro atoms. The van der Waals surface area contributed by atoms with E-state index < -0.39 is 66.2 Å². The highest BCUT2D eigenvalue weighted by Crippen LogP contribution is 2.43. The lowest BCUT2D eigenvalue weighted by Crippen LogP contribution is -2.29. The van der Waals surface area contributed by atoms with Crippen LogP contribution < -0.4 is 0 Å². The Balaban J connectivity index is 4.67. The average molecular weight is 891 g/mol. The topological polar surface area (TPSA) is 212 Å². The van der Waals surface area contributed by atoms with Gasteiger partial charge in [0.25, 0.3) is 0 Å². The number of aliphatic hydroxyl groups excluding tert-OH is 1. The maximum absolute atomic E-state index is 12.6. The summed E-state index contributed by atoms with van der Waals surface area (Å²) in [5.74, 6) is -1.01. The first-order valence-corrected chi connectivity index (χ1v) is 25.0. The van der Waals surface area contributed by atoms with Crippen LogP contribution in [0.4, 0.5) is 0 Å². The summed E-state index contributed by atoms with van der Waals surface area (Å²) >= 11 is 0. The second-order valence-electron chi connectivity index (χ2n) is 14.6. The van der Waals surface area contributed by atoms with Gasteiger partial charge in [0.15, 0.2) is 11.9 Å². The zero-order valence-electron chi connectivity index (χ0n) is 36.3. The Kier molecular flexibility index (Phi) is 37.7. The molecule has 0 bridgehead atoms. The summed E-state index contributed by atoms with van der Waals surface area (Å²) in [5.41, 5.74) is 0. The molecule has 0 rings (SSSR count). The SMILES string of the molecule is CCCCCCCC/C=C\C/C=C\C/C=C\CCCC(=O)O[C@H](COC(=O)CCCCCCC/C=C\C=C\C(=O)CCCCC)COP(=O)(O)OC[C@@H](O)COP(=O)(O)O. The van der Waals surface area contributed by atoms with Crippen LogP contribution in [0.2, 0.25) is 0 Å². The number of unbranched alkanes of at least 4 members (excludes halogenated alkanes) is 14. The average Bonchev–Trinajstić information content (AvgIpc) is 3.20. The van der Waals surface area contributed by atoms with Crippen molar-refractivity contribution in [2.45, 2.75) is 174 Å². The Morgan fingerprint density at radius 2 is 1.03 bits per heavy atom. The molecule has 0 aromatic rings. The molecule has 14 nitrogen and oxygen atoms in total. The van der Waals surface area contributed by atoms with E-state index >= 15 is 0 Å². The lowest BCUT2D eigenvalue weighted by molar-refractivity contribution is -0.161. The van der Waals surface area contributed by atoms with Crippen LogP contribution in [0.5, 0.6) is 0 Å². The first-order chi connectivity index (χ1) is 28.8. The van der Waals surface area contributed by atoms with Crippen LogP contribution in [-0.4, -0.2) is 76.1 Å². The minimum atomic E-state index is -4.88. The van der Waals surface area contributed by atoms with E-state index in [2.05, 4.69) is 47.2 Å². The van der Waals surface area contributed by atoms with Gasteiger partial charge < -0.3 is 29.3 Å². The Labute approximate surface area is 359 Å². The highest BCUT2D eigenvalue weighted by molar-refractivity contribution is 7.47. The van der Waals surface area contributed by atoms with Crippen LogP contribution in [0, 0.1) is 0 Å². The minimum absolute atomic E-state index is 0.0400. The number of aliphatic hydroxyl groups is 1. The van der Waals surface area contributed by atoms with E-state index in [1.165, 1.54) is 38.5 Å². The van der Waals surface area contributed by atoms with E-state index in [4.69, 9.17) is 23.8 Å². The highest BCUT2D eigenvalue weighted by Gasteiger charge is 2.28. The van der Waals surface area contributed by atoms with E-state index in [1.54, 1.807) is 12.2 Å². The molecule has 0 aliphatic heterocycles. The van der Waals surface area contributed by atoms with Gasteiger partial charge in [0.2, 0.25) is 0 Å². The van der Waals surface area contributed by atoms with Gasteiger partial charge in [-0.25, -0.2) is 9.13 Å². The van der Waals surface area contributed by atoms with Crippen molar-refractivity contribution in [1.29, 1.82) is 0 Å². The van der Waals surface area contributed by atoms with Crippen LogP contribution >= 0.6 is 15.6 Å². The summed E-state index contributed by atoms with van der Waals surface area (Å²) in [5, 5.41) is 9.74. The normalized spacial score (nSPS) is 14.5. The van der Waals surface area contributed by atoms with Crippen molar-refractivity contribution in [3.05, 3.63) is 60.8 Å². The van der Waals surface area contributed by atoms with Crippen molar-refractivity contribution < 1.29 is 66.3 Å². The van der Waals surface area contributed by atoms with Gasteiger partial charge in [-0.15, -0.1) is 0 Å². The van der Waals surface area contributed by atoms with Gasteiger partial charge >= 0.3 is 27.6 Å². The maximum atomic E-state index is 12.6. The van der Waals surface area contributed by atoms with E-state index in [-0.39, 0.29) is 18.6 Å². The summed E-state index contributed by atoms with van der Waals surface area (Å²) in [4.78, 5) is 64.4. The van der Waals surface area contributed by atoms with E-state index in [9.17, 15) is 33.5 Å². The zero-order valence-corrected chi connectivity index (χ0v) is 38.1. The number of carbonyl (C=O) groups excluding carboxylic acids is 3. The number of esters is 2. The molecular formula is C44H76O14P2. The van der Waals surface area contributed by atoms with Crippen molar-refractivity contribution in [3.63, 3.8) is 0 Å². The molecule has 4 N–H and O–H groups in total. The summed E-state index contributed by atoms with van der Waals surface area (Å²) in [6.07, 6.45) is 37.8. The molecule has 0 aromatic carbocycles. The number of ketones is 1.